The van der Waals surface area contributed by atoms with Crippen molar-refractivity contribution in [2.24, 2.45) is 0 Å². The van der Waals surface area contributed by atoms with Crippen molar-refractivity contribution in [3.63, 3.8) is 0 Å². The molecule has 0 aromatic heterocycles. The van der Waals surface area contributed by atoms with Crippen molar-refractivity contribution in [2.75, 3.05) is 11.4 Å². The monoisotopic (exact) mass is 241 g/mol. The van der Waals surface area contributed by atoms with E-state index in [1.165, 1.54) is 12.1 Å². The van der Waals surface area contributed by atoms with Crippen molar-refractivity contribution in [1.29, 1.82) is 0 Å². The van der Waals surface area contributed by atoms with E-state index >= 15 is 0 Å². The molecule has 0 fully saturated rings. The van der Waals surface area contributed by atoms with Crippen LogP contribution >= 0.6 is 0 Å². The first-order valence-electron chi connectivity index (χ1n) is 5.91. The number of rotatable bonds is 1. The Morgan fingerprint density at radius 3 is 2.72 bits per heavy atom. The fourth-order valence-corrected chi connectivity index (χ4v) is 2.32. The molecule has 0 N–H and O–H groups in total. The van der Waals surface area contributed by atoms with Crippen LogP contribution in [0.25, 0.3) is 0 Å². The fourth-order valence-electron chi connectivity index (χ4n) is 2.32. The molecular weight excluding hydrogens is 229 g/mol. The summed E-state index contributed by atoms with van der Waals surface area (Å²) in [5.41, 5.74) is 2.40. The van der Waals surface area contributed by atoms with Gasteiger partial charge in [-0.1, -0.05) is 24.3 Å². The van der Waals surface area contributed by atoms with E-state index in [1.54, 1.807) is 17.0 Å². The number of carbonyl (C=O) groups excluding carboxylic acids is 1. The molecular formula is C15H12FNO. The van der Waals surface area contributed by atoms with Crippen molar-refractivity contribution >= 4 is 11.6 Å². The zero-order valence-electron chi connectivity index (χ0n) is 9.77. The maximum Gasteiger partial charge on any atom is 0.258 e. The fraction of sp³-hybridized carbons (Fsp3) is 0.133. The molecule has 0 saturated heterocycles. The highest BCUT2D eigenvalue weighted by Crippen LogP contribution is 2.24. The molecule has 1 aliphatic rings. The Hall–Kier alpha value is -2.16. The third kappa shape index (κ3) is 1.78. The molecule has 2 nitrogen and oxygen atoms in total. The molecule has 0 bridgehead atoms. The Kier molecular flexibility index (Phi) is 2.59. The average molecular weight is 241 g/mol. The molecule has 3 heteroatoms. The summed E-state index contributed by atoms with van der Waals surface area (Å²) in [4.78, 5) is 14.0. The Morgan fingerprint density at radius 1 is 1.06 bits per heavy atom. The van der Waals surface area contributed by atoms with Crippen LogP contribution in [0.5, 0.6) is 0 Å². The second-order valence-electron chi connectivity index (χ2n) is 4.34. The predicted molar refractivity (Wildman–Crippen MR) is 68.2 cm³/mol. The molecule has 2 aromatic rings. The van der Waals surface area contributed by atoms with Crippen LogP contribution in [0.3, 0.4) is 0 Å². The minimum atomic E-state index is -0.320. The smallest absolute Gasteiger partial charge is 0.258 e. The number of fused-ring (bicyclic) bond motifs is 1. The summed E-state index contributed by atoms with van der Waals surface area (Å²) in [6.07, 6.45) is 0.804. The van der Waals surface area contributed by atoms with Gasteiger partial charge in [0.05, 0.1) is 0 Å². The summed E-state index contributed by atoms with van der Waals surface area (Å²) in [5, 5.41) is 0. The van der Waals surface area contributed by atoms with E-state index in [9.17, 15) is 9.18 Å². The number of hydrogen-bond donors (Lipinski definition) is 0. The Bertz CT molecular complexity index is 609. The predicted octanol–water partition coefficient (Wildman–Crippen LogP) is 3.03. The van der Waals surface area contributed by atoms with E-state index in [0.717, 1.165) is 12.0 Å². The number of nitrogens with zero attached hydrogens (tertiary/aromatic N) is 1. The van der Waals surface area contributed by atoms with Crippen LogP contribution in [-0.4, -0.2) is 12.5 Å². The molecule has 0 aliphatic carbocycles. The van der Waals surface area contributed by atoms with E-state index in [1.807, 2.05) is 24.3 Å². The van der Waals surface area contributed by atoms with E-state index in [2.05, 4.69) is 0 Å². The van der Waals surface area contributed by atoms with E-state index < -0.39 is 0 Å². The number of hydrogen-bond acceptors (Lipinski definition) is 1. The molecule has 1 aliphatic heterocycles. The maximum atomic E-state index is 13.2. The van der Waals surface area contributed by atoms with E-state index in [0.29, 0.717) is 17.8 Å². The van der Waals surface area contributed by atoms with Crippen LogP contribution in [0, 0.1) is 5.82 Å². The largest absolute Gasteiger partial charge is 0.308 e. The molecule has 1 heterocycles. The first-order chi connectivity index (χ1) is 8.75. The van der Waals surface area contributed by atoms with Gasteiger partial charge in [-0.2, -0.15) is 0 Å². The van der Waals surface area contributed by atoms with Gasteiger partial charge >= 0.3 is 0 Å². The highest BCUT2D eigenvalue weighted by Gasteiger charge is 2.24. The number of halogens is 1. The summed E-state index contributed by atoms with van der Waals surface area (Å²) < 4.78 is 13.2. The summed E-state index contributed by atoms with van der Waals surface area (Å²) >= 11 is 0. The summed E-state index contributed by atoms with van der Waals surface area (Å²) in [5.74, 6) is -0.374. The molecule has 0 radical (unpaired) electrons. The zero-order valence-corrected chi connectivity index (χ0v) is 9.77. The first kappa shape index (κ1) is 11.0. The maximum absolute atomic E-state index is 13.2. The Morgan fingerprint density at radius 2 is 1.89 bits per heavy atom. The highest BCUT2D eigenvalue weighted by atomic mass is 19.1. The van der Waals surface area contributed by atoms with Crippen molar-refractivity contribution in [3.05, 3.63) is 65.5 Å². The van der Waals surface area contributed by atoms with Crippen LogP contribution in [-0.2, 0) is 6.42 Å². The molecule has 0 unspecified atom stereocenters. The van der Waals surface area contributed by atoms with Crippen LogP contribution in [0.1, 0.15) is 15.9 Å². The number of carbonyl (C=O) groups is 1. The van der Waals surface area contributed by atoms with Gasteiger partial charge in [0.2, 0.25) is 0 Å². The number of anilines is 1. The summed E-state index contributed by atoms with van der Waals surface area (Å²) in [6, 6.07) is 13.7. The van der Waals surface area contributed by atoms with Crippen LogP contribution in [0.2, 0.25) is 0 Å². The second-order valence-corrected chi connectivity index (χ2v) is 4.34. The number of amides is 1. The minimum absolute atomic E-state index is 0.0533. The summed E-state index contributed by atoms with van der Waals surface area (Å²) in [7, 11) is 0. The van der Waals surface area contributed by atoms with Gasteiger partial charge in [-0.3, -0.25) is 4.79 Å². The van der Waals surface area contributed by atoms with Crippen LogP contribution in [0.4, 0.5) is 10.1 Å². The van der Waals surface area contributed by atoms with Gasteiger partial charge in [-0.15, -0.1) is 0 Å². The second kappa shape index (κ2) is 4.26. The zero-order chi connectivity index (χ0) is 12.5. The van der Waals surface area contributed by atoms with Crippen molar-refractivity contribution in [3.8, 4) is 0 Å². The van der Waals surface area contributed by atoms with Gasteiger partial charge in [-0.25, -0.2) is 4.39 Å². The van der Waals surface area contributed by atoms with Gasteiger partial charge in [-0.05, 0) is 36.2 Å². The van der Waals surface area contributed by atoms with Crippen molar-refractivity contribution < 1.29 is 9.18 Å². The van der Waals surface area contributed by atoms with Gasteiger partial charge in [0, 0.05) is 17.8 Å². The lowest BCUT2D eigenvalue weighted by molar-refractivity contribution is 0.0980. The van der Waals surface area contributed by atoms with E-state index in [-0.39, 0.29) is 11.7 Å². The lowest BCUT2D eigenvalue weighted by atomic mass is 9.99. The normalized spacial score (nSPS) is 14.5. The molecule has 90 valence electrons. The van der Waals surface area contributed by atoms with Gasteiger partial charge in [0.1, 0.15) is 5.82 Å². The lowest BCUT2D eigenvalue weighted by Crippen LogP contribution is -2.37. The van der Waals surface area contributed by atoms with E-state index in [4.69, 9.17) is 0 Å². The number of benzene rings is 2. The summed E-state index contributed by atoms with van der Waals surface area (Å²) in [6.45, 7) is 0.597. The SMILES string of the molecule is O=C1c2ccccc2CCN1c1cccc(F)c1. The van der Waals surface area contributed by atoms with Crippen LogP contribution in [0.15, 0.2) is 48.5 Å². The Balaban J connectivity index is 2.00. The minimum Gasteiger partial charge on any atom is -0.308 e. The molecule has 3 rings (SSSR count). The topological polar surface area (TPSA) is 20.3 Å². The van der Waals surface area contributed by atoms with Crippen molar-refractivity contribution in [2.45, 2.75) is 6.42 Å². The molecule has 0 saturated carbocycles. The average Bonchev–Trinajstić information content (AvgIpc) is 2.39. The molecule has 0 spiro atoms. The third-order valence-electron chi connectivity index (χ3n) is 3.22. The van der Waals surface area contributed by atoms with Gasteiger partial charge in [0.25, 0.3) is 5.91 Å². The van der Waals surface area contributed by atoms with Gasteiger partial charge < -0.3 is 4.90 Å². The highest BCUT2D eigenvalue weighted by molar-refractivity contribution is 6.08. The van der Waals surface area contributed by atoms with Gasteiger partial charge in [0.15, 0.2) is 0 Å². The molecule has 0 atom stereocenters. The standard InChI is InChI=1S/C15H12FNO/c16-12-5-3-6-13(10-12)17-9-8-11-4-1-2-7-14(11)15(17)18/h1-7,10H,8-9H2. The Labute approximate surface area is 105 Å². The van der Waals surface area contributed by atoms with Crippen LogP contribution < -0.4 is 4.90 Å². The molecule has 18 heavy (non-hydrogen) atoms. The third-order valence-corrected chi connectivity index (χ3v) is 3.22. The first-order valence-corrected chi connectivity index (χ1v) is 5.91. The quantitative estimate of drug-likeness (QED) is 0.751. The molecule has 2 aromatic carbocycles. The lowest BCUT2D eigenvalue weighted by Gasteiger charge is -2.28. The van der Waals surface area contributed by atoms with Crippen molar-refractivity contribution in [1.82, 2.24) is 0 Å². The molecule has 1 amide bonds.